The SMILES string of the molecule is CCNc1c(F)cc(C(=O)N(C)C(C)CC#N)cc1F. The molecule has 1 atom stereocenters. The van der Waals surface area contributed by atoms with E-state index in [-0.39, 0.29) is 23.7 Å². The predicted molar refractivity (Wildman–Crippen MR) is 72.3 cm³/mol. The highest BCUT2D eigenvalue weighted by molar-refractivity contribution is 5.94. The molecule has 0 saturated carbocycles. The zero-order chi connectivity index (χ0) is 15.3. The van der Waals surface area contributed by atoms with Crippen LogP contribution in [-0.2, 0) is 0 Å². The van der Waals surface area contributed by atoms with Gasteiger partial charge in [0.05, 0.1) is 12.5 Å². The van der Waals surface area contributed by atoms with Gasteiger partial charge in [-0.25, -0.2) is 8.78 Å². The lowest BCUT2D eigenvalue weighted by Crippen LogP contribution is -2.35. The lowest BCUT2D eigenvalue weighted by Gasteiger charge is -2.23. The van der Waals surface area contributed by atoms with Crippen LogP contribution < -0.4 is 5.32 Å². The minimum atomic E-state index is -0.809. The molecule has 1 aromatic rings. The fourth-order valence-electron chi connectivity index (χ4n) is 1.72. The summed E-state index contributed by atoms with van der Waals surface area (Å²) in [4.78, 5) is 13.4. The molecule has 1 N–H and O–H groups in total. The number of amides is 1. The summed E-state index contributed by atoms with van der Waals surface area (Å²) in [7, 11) is 1.50. The molecule has 1 aromatic carbocycles. The maximum absolute atomic E-state index is 13.7. The molecule has 108 valence electrons. The van der Waals surface area contributed by atoms with Crippen LogP contribution in [0.4, 0.5) is 14.5 Å². The molecule has 20 heavy (non-hydrogen) atoms. The highest BCUT2D eigenvalue weighted by atomic mass is 19.1. The molecule has 0 aliphatic heterocycles. The van der Waals surface area contributed by atoms with Crippen LogP contribution in [0.25, 0.3) is 0 Å². The van der Waals surface area contributed by atoms with Gasteiger partial charge in [0, 0.05) is 25.2 Å². The molecule has 0 bridgehead atoms. The van der Waals surface area contributed by atoms with Gasteiger partial charge in [-0.1, -0.05) is 0 Å². The maximum Gasteiger partial charge on any atom is 0.254 e. The third-order valence-corrected chi connectivity index (χ3v) is 3.01. The Bertz CT molecular complexity index is 517. The van der Waals surface area contributed by atoms with Crippen molar-refractivity contribution in [3.63, 3.8) is 0 Å². The Morgan fingerprint density at radius 2 is 2.00 bits per heavy atom. The fraction of sp³-hybridized carbons (Fsp3) is 0.429. The average molecular weight is 281 g/mol. The third-order valence-electron chi connectivity index (χ3n) is 3.01. The molecule has 0 saturated heterocycles. The van der Waals surface area contributed by atoms with Gasteiger partial charge in [0.1, 0.15) is 17.3 Å². The second-order valence-electron chi connectivity index (χ2n) is 4.47. The van der Waals surface area contributed by atoms with E-state index in [4.69, 9.17) is 5.26 Å². The Labute approximate surface area is 117 Å². The summed E-state index contributed by atoms with van der Waals surface area (Å²) in [5.74, 6) is -2.14. The van der Waals surface area contributed by atoms with E-state index in [9.17, 15) is 13.6 Å². The van der Waals surface area contributed by atoms with Crippen molar-refractivity contribution < 1.29 is 13.6 Å². The van der Waals surface area contributed by atoms with Crippen LogP contribution in [0.1, 0.15) is 30.6 Å². The minimum absolute atomic E-state index is 0.0751. The number of hydrogen-bond donors (Lipinski definition) is 1. The predicted octanol–water partition coefficient (Wildman–Crippen LogP) is 2.77. The summed E-state index contributed by atoms with van der Waals surface area (Å²) in [6.45, 7) is 3.79. The molecular weight excluding hydrogens is 264 g/mol. The zero-order valence-electron chi connectivity index (χ0n) is 11.7. The lowest BCUT2D eigenvalue weighted by atomic mass is 10.1. The van der Waals surface area contributed by atoms with E-state index in [1.165, 1.54) is 11.9 Å². The molecule has 6 heteroatoms. The molecule has 0 aromatic heterocycles. The van der Waals surface area contributed by atoms with Gasteiger partial charge in [0.25, 0.3) is 5.91 Å². The zero-order valence-corrected chi connectivity index (χ0v) is 11.7. The number of halogens is 2. The van der Waals surface area contributed by atoms with Gasteiger partial charge >= 0.3 is 0 Å². The number of benzene rings is 1. The van der Waals surface area contributed by atoms with Gasteiger partial charge in [-0.3, -0.25) is 4.79 Å². The first-order valence-corrected chi connectivity index (χ1v) is 6.29. The van der Waals surface area contributed by atoms with Crippen molar-refractivity contribution in [2.24, 2.45) is 0 Å². The van der Waals surface area contributed by atoms with Crippen LogP contribution in [0.3, 0.4) is 0 Å². The molecule has 1 unspecified atom stereocenters. The molecule has 0 fully saturated rings. The molecule has 0 heterocycles. The number of rotatable bonds is 5. The van der Waals surface area contributed by atoms with Crippen molar-refractivity contribution in [2.45, 2.75) is 26.3 Å². The smallest absolute Gasteiger partial charge is 0.254 e. The van der Waals surface area contributed by atoms with Crippen LogP contribution in [0, 0.1) is 23.0 Å². The third kappa shape index (κ3) is 3.44. The van der Waals surface area contributed by atoms with Gasteiger partial charge in [-0.05, 0) is 26.0 Å². The first-order chi connectivity index (χ1) is 9.42. The lowest BCUT2D eigenvalue weighted by molar-refractivity contribution is 0.0745. The summed E-state index contributed by atoms with van der Waals surface area (Å²) >= 11 is 0. The van der Waals surface area contributed by atoms with Crippen molar-refractivity contribution >= 4 is 11.6 Å². The first kappa shape index (κ1) is 15.9. The topological polar surface area (TPSA) is 56.1 Å². The van der Waals surface area contributed by atoms with E-state index in [1.807, 2.05) is 6.07 Å². The van der Waals surface area contributed by atoms with Gasteiger partial charge in [-0.2, -0.15) is 5.26 Å². The van der Waals surface area contributed by atoms with Gasteiger partial charge in [0.2, 0.25) is 0 Å². The molecule has 0 aliphatic rings. The second kappa shape index (κ2) is 6.85. The first-order valence-electron chi connectivity index (χ1n) is 6.29. The Morgan fingerprint density at radius 1 is 1.45 bits per heavy atom. The molecule has 0 aliphatic carbocycles. The Kier molecular flexibility index (Phi) is 5.44. The fourth-order valence-corrected chi connectivity index (χ4v) is 1.72. The second-order valence-corrected chi connectivity index (χ2v) is 4.47. The van der Waals surface area contributed by atoms with Gasteiger partial charge in [0.15, 0.2) is 0 Å². The number of nitriles is 1. The number of carbonyl (C=O) groups is 1. The van der Waals surface area contributed by atoms with Crippen molar-refractivity contribution in [1.29, 1.82) is 5.26 Å². The van der Waals surface area contributed by atoms with E-state index in [0.717, 1.165) is 12.1 Å². The van der Waals surface area contributed by atoms with Crippen LogP contribution >= 0.6 is 0 Å². The van der Waals surface area contributed by atoms with Crippen LogP contribution in [0.5, 0.6) is 0 Å². The summed E-state index contributed by atoms with van der Waals surface area (Å²) in [6.07, 6.45) is 0.155. The monoisotopic (exact) mass is 281 g/mol. The number of nitrogens with one attached hydrogen (secondary N) is 1. The Hall–Kier alpha value is -2.16. The van der Waals surface area contributed by atoms with E-state index in [0.29, 0.717) is 6.54 Å². The molecule has 1 rings (SSSR count). The molecule has 0 spiro atoms. The summed E-state index contributed by atoms with van der Waals surface area (Å²) in [5, 5.41) is 11.2. The van der Waals surface area contributed by atoms with Crippen molar-refractivity contribution in [2.75, 3.05) is 18.9 Å². The normalized spacial score (nSPS) is 11.6. The van der Waals surface area contributed by atoms with Crippen LogP contribution in [0.15, 0.2) is 12.1 Å². The Morgan fingerprint density at radius 3 is 2.45 bits per heavy atom. The van der Waals surface area contributed by atoms with E-state index in [2.05, 4.69) is 5.32 Å². The highest BCUT2D eigenvalue weighted by Gasteiger charge is 2.20. The molecule has 4 nitrogen and oxygen atoms in total. The highest BCUT2D eigenvalue weighted by Crippen LogP contribution is 2.22. The summed E-state index contributed by atoms with van der Waals surface area (Å²) in [6, 6.07) is 3.62. The van der Waals surface area contributed by atoms with Gasteiger partial charge < -0.3 is 10.2 Å². The average Bonchev–Trinajstić information content (AvgIpc) is 2.41. The minimum Gasteiger partial charge on any atom is -0.381 e. The molecule has 0 radical (unpaired) electrons. The van der Waals surface area contributed by atoms with E-state index < -0.39 is 17.5 Å². The van der Waals surface area contributed by atoms with Crippen molar-refractivity contribution in [3.8, 4) is 6.07 Å². The number of hydrogen-bond acceptors (Lipinski definition) is 3. The standard InChI is InChI=1S/C14H17F2N3O/c1-4-18-13-11(15)7-10(8-12(13)16)14(20)19(3)9(2)5-6-17/h7-9,18H,4-5H2,1-3H3. The molecular formula is C14H17F2N3O. The number of nitrogens with zero attached hydrogens (tertiary/aromatic N) is 2. The van der Waals surface area contributed by atoms with Crippen molar-refractivity contribution in [3.05, 3.63) is 29.3 Å². The van der Waals surface area contributed by atoms with Crippen molar-refractivity contribution in [1.82, 2.24) is 4.90 Å². The molecule has 1 amide bonds. The number of carbonyl (C=O) groups excluding carboxylic acids is 1. The summed E-state index contributed by atoms with van der Waals surface area (Å²) < 4.78 is 27.5. The van der Waals surface area contributed by atoms with E-state index >= 15 is 0 Å². The maximum atomic E-state index is 13.7. The van der Waals surface area contributed by atoms with Crippen LogP contribution in [0.2, 0.25) is 0 Å². The van der Waals surface area contributed by atoms with Crippen LogP contribution in [-0.4, -0.2) is 30.4 Å². The summed E-state index contributed by atoms with van der Waals surface area (Å²) in [5.41, 5.74) is -0.314. The van der Waals surface area contributed by atoms with E-state index in [1.54, 1.807) is 13.8 Å². The Balaban J connectivity index is 3.03. The largest absolute Gasteiger partial charge is 0.381 e. The quantitative estimate of drug-likeness (QED) is 0.903. The van der Waals surface area contributed by atoms with Gasteiger partial charge in [-0.15, -0.1) is 0 Å². The number of anilines is 1.